The predicted octanol–water partition coefficient (Wildman–Crippen LogP) is 2.59. The lowest BCUT2D eigenvalue weighted by Gasteiger charge is -2.70. The molecule has 7 nitrogen and oxygen atoms in total. The van der Waals surface area contributed by atoms with E-state index in [1.54, 1.807) is 18.3 Å². The molecular weight excluding hydrogens is 366 g/mol. The van der Waals surface area contributed by atoms with Gasteiger partial charge in [-0.3, -0.25) is 9.78 Å². The topological polar surface area (TPSA) is 99.9 Å². The Morgan fingerprint density at radius 2 is 2.11 bits per heavy atom. The molecule has 3 saturated carbocycles. The van der Waals surface area contributed by atoms with Crippen LogP contribution in [0.25, 0.3) is 0 Å². The Bertz CT molecular complexity index is 936. The highest BCUT2D eigenvalue weighted by atomic mass is 35.5. The minimum atomic E-state index is -0.163. The van der Waals surface area contributed by atoms with Crippen LogP contribution in [0.2, 0.25) is 5.02 Å². The number of halogens is 1. The van der Waals surface area contributed by atoms with Crippen LogP contribution in [0.5, 0.6) is 5.75 Å². The van der Waals surface area contributed by atoms with E-state index in [1.165, 1.54) is 6.20 Å². The first-order valence-electron chi connectivity index (χ1n) is 8.61. The summed E-state index contributed by atoms with van der Waals surface area (Å²) in [6, 6.07) is 7.29. The van der Waals surface area contributed by atoms with Gasteiger partial charge in [-0.1, -0.05) is 11.6 Å². The van der Waals surface area contributed by atoms with Gasteiger partial charge in [-0.15, -0.1) is 0 Å². The van der Waals surface area contributed by atoms with Gasteiger partial charge in [0.05, 0.1) is 12.4 Å². The van der Waals surface area contributed by atoms with Crippen LogP contribution >= 0.6 is 11.6 Å². The fourth-order valence-electron chi connectivity index (χ4n) is 3.99. The summed E-state index contributed by atoms with van der Waals surface area (Å²) in [5.74, 6) is 1.08. The van der Waals surface area contributed by atoms with Crippen molar-refractivity contribution in [2.45, 2.75) is 37.3 Å². The van der Waals surface area contributed by atoms with Crippen molar-refractivity contribution in [2.24, 2.45) is 0 Å². The molecule has 2 N–H and O–H groups in total. The van der Waals surface area contributed by atoms with E-state index in [2.05, 4.69) is 20.6 Å². The molecule has 0 spiro atoms. The van der Waals surface area contributed by atoms with Gasteiger partial charge in [-0.05, 0) is 49.9 Å². The van der Waals surface area contributed by atoms with Gasteiger partial charge in [0.1, 0.15) is 17.6 Å². The molecule has 3 aliphatic rings. The number of carbonyl (C=O) groups is 1. The van der Waals surface area contributed by atoms with E-state index in [9.17, 15) is 4.79 Å². The van der Waals surface area contributed by atoms with Gasteiger partial charge in [0.15, 0.2) is 12.3 Å². The van der Waals surface area contributed by atoms with Crippen molar-refractivity contribution in [1.82, 2.24) is 15.3 Å². The quantitative estimate of drug-likeness (QED) is 0.795. The molecule has 8 heteroatoms. The summed E-state index contributed by atoms with van der Waals surface area (Å²) in [6.07, 6.45) is 5.50. The first-order valence-corrected chi connectivity index (χ1v) is 8.99. The number of nitrogens with zero attached hydrogens (tertiary/aromatic N) is 3. The summed E-state index contributed by atoms with van der Waals surface area (Å²) in [5, 5.41) is 16.0. The average molecular weight is 384 g/mol. The Hall–Kier alpha value is -2.85. The van der Waals surface area contributed by atoms with E-state index in [0.29, 0.717) is 16.6 Å². The van der Waals surface area contributed by atoms with E-state index < -0.39 is 0 Å². The molecule has 0 radical (unpaired) electrons. The van der Waals surface area contributed by atoms with Gasteiger partial charge < -0.3 is 15.4 Å². The lowest BCUT2D eigenvalue weighted by molar-refractivity contribution is -0.135. The molecule has 27 heavy (non-hydrogen) atoms. The normalized spacial score (nSPS) is 24.8. The predicted molar refractivity (Wildman–Crippen MR) is 99.5 cm³/mol. The summed E-state index contributed by atoms with van der Waals surface area (Å²) < 4.78 is 5.55. The van der Waals surface area contributed by atoms with E-state index in [1.807, 2.05) is 19.1 Å². The molecular formula is C19H18ClN5O2. The second-order valence-corrected chi connectivity index (χ2v) is 7.77. The van der Waals surface area contributed by atoms with Crippen molar-refractivity contribution < 1.29 is 9.53 Å². The smallest absolute Gasteiger partial charge is 0.258 e. The molecule has 3 aliphatic carbocycles. The Balaban J connectivity index is 1.26. The number of aryl methyl sites for hydroxylation is 1. The van der Waals surface area contributed by atoms with Crippen molar-refractivity contribution >= 4 is 23.3 Å². The molecule has 2 bridgehead atoms. The molecule has 0 unspecified atom stereocenters. The summed E-state index contributed by atoms with van der Waals surface area (Å²) in [7, 11) is 0. The third-order valence-electron chi connectivity index (χ3n) is 5.08. The van der Waals surface area contributed by atoms with Crippen molar-refractivity contribution in [3.63, 3.8) is 0 Å². The number of aromatic nitrogens is 2. The number of rotatable bonds is 6. The number of amides is 1. The van der Waals surface area contributed by atoms with Crippen LogP contribution in [-0.4, -0.2) is 33.6 Å². The van der Waals surface area contributed by atoms with Crippen LogP contribution in [0.15, 0.2) is 30.6 Å². The van der Waals surface area contributed by atoms with E-state index >= 15 is 0 Å². The number of hydrogen-bond donors (Lipinski definition) is 2. The van der Waals surface area contributed by atoms with E-state index in [4.69, 9.17) is 21.6 Å². The Labute approximate surface area is 161 Å². The Morgan fingerprint density at radius 1 is 1.33 bits per heavy atom. The molecule has 1 amide bonds. The maximum atomic E-state index is 12.2. The minimum absolute atomic E-state index is 0.0288. The zero-order valence-corrected chi connectivity index (χ0v) is 15.5. The first kappa shape index (κ1) is 17.6. The lowest BCUT2D eigenvalue weighted by atomic mass is 9.44. The fraction of sp³-hybridized carbons (Fsp3) is 0.368. The molecule has 1 aromatic heterocycles. The SMILES string of the molecule is Cc1cc(OCC(=O)NC23CC(Nc4cncc(C#N)n4)(C2)C3)ccc1Cl. The minimum Gasteiger partial charge on any atom is -0.484 e. The largest absolute Gasteiger partial charge is 0.484 e. The number of nitriles is 1. The molecule has 1 aromatic carbocycles. The molecule has 138 valence electrons. The standard InChI is InChI=1S/C19H18ClN5O2/c1-12-4-14(2-3-15(12)20)27-8-17(26)25-19-9-18(10-19,11-19)24-16-7-22-6-13(5-21)23-16/h2-4,6-7H,8-11H2,1H3,(H,23,24)(H,25,26). The van der Waals surface area contributed by atoms with Gasteiger partial charge >= 0.3 is 0 Å². The van der Waals surface area contributed by atoms with Gasteiger partial charge in [-0.25, -0.2) is 4.98 Å². The summed E-state index contributed by atoms with van der Waals surface area (Å²) in [6.45, 7) is 1.86. The monoisotopic (exact) mass is 383 g/mol. The van der Waals surface area contributed by atoms with E-state index in [-0.39, 0.29) is 29.3 Å². The van der Waals surface area contributed by atoms with Gasteiger partial charge in [-0.2, -0.15) is 5.26 Å². The number of carbonyl (C=O) groups excluding carboxylic acids is 1. The van der Waals surface area contributed by atoms with Crippen LogP contribution in [0.3, 0.4) is 0 Å². The molecule has 0 aliphatic heterocycles. The summed E-state index contributed by atoms with van der Waals surface area (Å²) in [4.78, 5) is 20.4. The third-order valence-corrected chi connectivity index (χ3v) is 5.50. The maximum absolute atomic E-state index is 12.2. The number of ether oxygens (including phenoxy) is 1. The van der Waals surface area contributed by atoms with Crippen LogP contribution < -0.4 is 15.4 Å². The van der Waals surface area contributed by atoms with Gasteiger partial charge in [0.2, 0.25) is 0 Å². The van der Waals surface area contributed by atoms with Crippen LogP contribution in [0.4, 0.5) is 5.82 Å². The number of nitrogens with one attached hydrogen (secondary N) is 2. The van der Waals surface area contributed by atoms with E-state index in [0.717, 1.165) is 24.8 Å². The molecule has 0 atom stereocenters. The second-order valence-electron chi connectivity index (χ2n) is 7.37. The van der Waals surface area contributed by atoms with Crippen LogP contribution in [0, 0.1) is 18.3 Å². The Morgan fingerprint density at radius 3 is 2.81 bits per heavy atom. The van der Waals surface area contributed by atoms with Gasteiger partial charge in [0, 0.05) is 16.1 Å². The van der Waals surface area contributed by atoms with Crippen molar-refractivity contribution in [3.8, 4) is 11.8 Å². The summed E-state index contributed by atoms with van der Waals surface area (Å²) >= 11 is 5.99. The summed E-state index contributed by atoms with van der Waals surface area (Å²) in [5.41, 5.74) is 0.961. The molecule has 3 fully saturated rings. The molecule has 0 saturated heterocycles. The first-order chi connectivity index (χ1) is 12.9. The Kier molecular flexibility index (Phi) is 4.16. The highest BCUT2D eigenvalue weighted by molar-refractivity contribution is 6.31. The van der Waals surface area contributed by atoms with Crippen LogP contribution in [0.1, 0.15) is 30.5 Å². The number of hydrogen-bond acceptors (Lipinski definition) is 6. The fourth-order valence-corrected chi connectivity index (χ4v) is 4.11. The average Bonchev–Trinajstić information content (AvgIpc) is 2.60. The zero-order chi connectivity index (χ0) is 19.1. The molecule has 2 aromatic rings. The van der Waals surface area contributed by atoms with Crippen molar-refractivity contribution in [1.29, 1.82) is 5.26 Å². The highest BCUT2D eigenvalue weighted by Gasteiger charge is 2.68. The molecule has 1 heterocycles. The van der Waals surface area contributed by atoms with Gasteiger partial charge in [0.25, 0.3) is 5.91 Å². The third kappa shape index (κ3) is 3.40. The van der Waals surface area contributed by atoms with Crippen molar-refractivity contribution in [3.05, 3.63) is 46.9 Å². The second kappa shape index (κ2) is 6.39. The van der Waals surface area contributed by atoms with Crippen LogP contribution in [-0.2, 0) is 4.79 Å². The zero-order valence-electron chi connectivity index (χ0n) is 14.8. The van der Waals surface area contributed by atoms with Crippen molar-refractivity contribution in [2.75, 3.05) is 11.9 Å². The molecule has 5 rings (SSSR count). The maximum Gasteiger partial charge on any atom is 0.258 e. The highest BCUT2D eigenvalue weighted by Crippen LogP contribution is 2.61. The number of benzene rings is 1. The number of anilines is 1. The lowest BCUT2D eigenvalue weighted by Crippen LogP contribution is -2.81.